The summed E-state index contributed by atoms with van der Waals surface area (Å²) in [5.41, 5.74) is 7.48. The first kappa shape index (κ1) is 27.0. The highest BCUT2D eigenvalue weighted by Gasteiger charge is 2.32. The molecule has 40 heavy (non-hydrogen) atoms. The summed E-state index contributed by atoms with van der Waals surface area (Å²) in [5, 5.41) is 0.734. The smallest absolute Gasteiger partial charge is 0.225 e. The molecule has 0 radical (unpaired) electrons. The number of methoxy groups -OCH3 is 1. The fourth-order valence-corrected chi connectivity index (χ4v) is 6.47. The van der Waals surface area contributed by atoms with Gasteiger partial charge in [0, 0.05) is 68.1 Å². The summed E-state index contributed by atoms with van der Waals surface area (Å²) in [6, 6.07) is 20.7. The highest BCUT2D eigenvalue weighted by atomic mass is 35.5. The number of hydrogen-bond donors (Lipinski definition) is 0. The van der Waals surface area contributed by atoms with Gasteiger partial charge in [0.2, 0.25) is 5.91 Å². The summed E-state index contributed by atoms with van der Waals surface area (Å²) in [6.45, 7) is 6.07. The third kappa shape index (κ3) is 5.53. The Morgan fingerprint density at radius 2 is 1.73 bits per heavy atom. The molecule has 0 N–H and O–H groups in total. The van der Waals surface area contributed by atoms with Crippen LogP contribution in [-0.2, 0) is 16.1 Å². The number of halogens is 1. The number of nitrogens with zero attached hydrogens (tertiary/aromatic N) is 4. The van der Waals surface area contributed by atoms with E-state index in [1.165, 1.54) is 5.56 Å². The van der Waals surface area contributed by atoms with Crippen LogP contribution in [0.25, 0.3) is 28.0 Å². The van der Waals surface area contributed by atoms with Gasteiger partial charge in [0.25, 0.3) is 0 Å². The number of rotatable bonds is 6. The van der Waals surface area contributed by atoms with Crippen LogP contribution >= 0.6 is 11.6 Å². The summed E-state index contributed by atoms with van der Waals surface area (Å²) in [4.78, 5) is 22.9. The van der Waals surface area contributed by atoms with Gasteiger partial charge in [-0.3, -0.25) is 9.69 Å². The average Bonchev–Trinajstić information content (AvgIpc) is 3.35. The molecule has 1 saturated carbocycles. The van der Waals surface area contributed by atoms with Crippen molar-refractivity contribution in [1.29, 1.82) is 0 Å². The Morgan fingerprint density at radius 3 is 2.48 bits per heavy atom. The van der Waals surface area contributed by atoms with E-state index in [1.54, 1.807) is 7.11 Å². The molecular weight excluding hydrogens is 520 g/mol. The summed E-state index contributed by atoms with van der Waals surface area (Å²) in [6.07, 6.45) is 6.34. The minimum atomic E-state index is 0.0976. The van der Waals surface area contributed by atoms with E-state index >= 15 is 0 Å². The predicted octanol–water partition coefficient (Wildman–Crippen LogP) is 6.48. The first-order valence-corrected chi connectivity index (χ1v) is 14.7. The second-order valence-corrected chi connectivity index (χ2v) is 11.6. The van der Waals surface area contributed by atoms with Crippen LogP contribution in [-0.4, -0.2) is 64.5 Å². The van der Waals surface area contributed by atoms with Crippen LogP contribution in [0.4, 0.5) is 0 Å². The van der Waals surface area contributed by atoms with Gasteiger partial charge in [-0.05, 0) is 49.9 Å². The van der Waals surface area contributed by atoms with Gasteiger partial charge < -0.3 is 14.0 Å². The molecular formula is C33H37ClN4O2. The SMILES string of the molecule is CO[C@@H]1CCC[C@@H](C(=O)N2CCN(Cc3c(-c4ccc(C)cc4)nc4ccc(-c5ccccc5Cl)cn34)CC2)C1. The van der Waals surface area contributed by atoms with Crippen LogP contribution in [0.3, 0.4) is 0 Å². The Balaban J connectivity index is 1.26. The van der Waals surface area contributed by atoms with Crippen LogP contribution < -0.4 is 0 Å². The van der Waals surface area contributed by atoms with E-state index in [2.05, 4.69) is 69.8 Å². The molecule has 2 atom stereocenters. The van der Waals surface area contributed by atoms with Crippen LogP contribution in [0.15, 0.2) is 66.9 Å². The number of carbonyl (C=O) groups is 1. The number of hydrogen-bond acceptors (Lipinski definition) is 4. The van der Waals surface area contributed by atoms with E-state index in [1.807, 2.05) is 18.2 Å². The van der Waals surface area contributed by atoms with E-state index in [9.17, 15) is 4.79 Å². The molecule has 1 amide bonds. The Kier molecular flexibility index (Phi) is 7.92. The molecule has 0 bridgehead atoms. The third-order valence-electron chi connectivity index (χ3n) is 8.59. The number of fused-ring (bicyclic) bond motifs is 1. The number of pyridine rings is 1. The number of carbonyl (C=O) groups excluding carboxylic acids is 1. The van der Waals surface area contributed by atoms with Crippen molar-refractivity contribution in [2.45, 2.75) is 45.3 Å². The highest BCUT2D eigenvalue weighted by molar-refractivity contribution is 6.33. The van der Waals surface area contributed by atoms with Crippen molar-refractivity contribution in [3.8, 4) is 22.4 Å². The van der Waals surface area contributed by atoms with E-state index < -0.39 is 0 Å². The van der Waals surface area contributed by atoms with Crippen molar-refractivity contribution in [1.82, 2.24) is 19.2 Å². The number of ether oxygens (including phenoxy) is 1. The van der Waals surface area contributed by atoms with Gasteiger partial charge in [-0.25, -0.2) is 4.98 Å². The summed E-state index contributed by atoms with van der Waals surface area (Å²) >= 11 is 6.56. The number of piperazine rings is 1. The zero-order valence-electron chi connectivity index (χ0n) is 23.4. The standard InChI is InChI=1S/C33H37ClN4O2/c1-23-10-12-24(13-11-23)32-30(38-21-26(14-15-31(38)35-32)28-8-3-4-9-29(28)34)22-36-16-18-37(19-17-36)33(39)25-6-5-7-27(20-25)40-2/h3-4,8-15,21,25,27H,5-7,16-20,22H2,1-2H3/t25-,27-/m1/s1. The van der Waals surface area contributed by atoms with Crippen molar-refractivity contribution < 1.29 is 9.53 Å². The lowest BCUT2D eigenvalue weighted by Gasteiger charge is -2.38. The Bertz CT molecular complexity index is 1490. The van der Waals surface area contributed by atoms with Crippen molar-refractivity contribution in [2.75, 3.05) is 33.3 Å². The minimum absolute atomic E-state index is 0.0976. The quantitative estimate of drug-likeness (QED) is 0.273. The van der Waals surface area contributed by atoms with Crippen LogP contribution in [0.1, 0.15) is 36.9 Å². The Labute approximate surface area is 241 Å². The van der Waals surface area contributed by atoms with Crippen molar-refractivity contribution in [3.63, 3.8) is 0 Å². The maximum Gasteiger partial charge on any atom is 0.225 e. The molecule has 0 spiro atoms. The summed E-state index contributed by atoms with van der Waals surface area (Å²) in [7, 11) is 1.76. The van der Waals surface area contributed by atoms with Gasteiger partial charge in [0.1, 0.15) is 5.65 Å². The second-order valence-electron chi connectivity index (χ2n) is 11.2. The Morgan fingerprint density at radius 1 is 0.975 bits per heavy atom. The van der Waals surface area contributed by atoms with Crippen LogP contribution in [0, 0.1) is 12.8 Å². The van der Waals surface area contributed by atoms with Crippen molar-refractivity contribution in [2.24, 2.45) is 5.92 Å². The molecule has 1 aliphatic carbocycles. The summed E-state index contributed by atoms with van der Waals surface area (Å²) in [5.74, 6) is 0.404. The molecule has 1 aliphatic heterocycles. The topological polar surface area (TPSA) is 50.1 Å². The summed E-state index contributed by atoms with van der Waals surface area (Å²) < 4.78 is 7.79. The highest BCUT2D eigenvalue weighted by Crippen LogP contribution is 2.32. The molecule has 1 saturated heterocycles. The lowest BCUT2D eigenvalue weighted by atomic mass is 9.86. The van der Waals surface area contributed by atoms with Gasteiger partial charge in [-0.15, -0.1) is 0 Å². The average molecular weight is 557 g/mol. The first-order valence-electron chi connectivity index (χ1n) is 14.4. The lowest BCUT2D eigenvalue weighted by Crippen LogP contribution is -2.50. The molecule has 4 aromatic rings. The van der Waals surface area contributed by atoms with E-state index in [0.717, 1.165) is 97.2 Å². The second kappa shape index (κ2) is 11.7. The third-order valence-corrected chi connectivity index (χ3v) is 8.92. The zero-order valence-corrected chi connectivity index (χ0v) is 24.1. The molecule has 7 heteroatoms. The molecule has 3 heterocycles. The van der Waals surface area contributed by atoms with Gasteiger partial charge in [-0.1, -0.05) is 66.0 Å². The first-order chi connectivity index (χ1) is 19.5. The van der Waals surface area contributed by atoms with Gasteiger partial charge >= 0.3 is 0 Å². The predicted molar refractivity (Wildman–Crippen MR) is 160 cm³/mol. The van der Waals surface area contributed by atoms with E-state index in [0.29, 0.717) is 5.91 Å². The van der Waals surface area contributed by atoms with Gasteiger partial charge in [-0.2, -0.15) is 0 Å². The normalized spacial score (nSPS) is 20.2. The number of imidazole rings is 1. The van der Waals surface area contributed by atoms with Crippen molar-refractivity contribution >= 4 is 23.2 Å². The minimum Gasteiger partial charge on any atom is -0.381 e. The molecule has 208 valence electrons. The van der Waals surface area contributed by atoms with Crippen LogP contribution in [0.2, 0.25) is 5.02 Å². The van der Waals surface area contributed by atoms with E-state index in [4.69, 9.17) is 21.3 Å². The number of amides is 1. The molecule has 2 aromatic heterocycles. The fourth-order valence-electron chi connectivity index (χ4n) is 6.22. The molecule has 2 fully saturated rings. The largest absolute Gasteiger partial charge is 0.381 e. The maximum atomic E-state index is 13.3. The molecule has 2 aromatic carbocycles. The maximum absolute atomic E-state index is 13.3. The lowest BCUT2D eigenvalue weighted by molar-refractivity contribution is -0.140. The van der Waals surface area contributed by atoms with E-state index in [-0.39, 0.29) is 12.0 Å². The molecule has 6 nitrogen and oxygen atoms in total. The molecule has 6 rings (SSSR count). The van der Waals surface area contributed by atoms with Crippen molar-refractivity contribution in [3.05, 3.63) is 83.1 Å². The zero-order chi connectivity index (χ0) is 27.6. The van der Waals surface area contributed by atoms with Gasteiger partial charge in [0.15, 0.2) is 0 Å². The van der Waals surface area contributed by atoms with Crippen LogP contribution in [0.5, 0.6) is 0 Å². The Hall–Kier alpha value is -3.19. The number of benzene rings is 2. The fraction of sp³-hybridized carbons (Fsp3) is 0.394. The van der Waals surface area contributed by atoms with Gasteiger partial charge in [0.05, 0.1) is 17.5 Å². The monoisotopic (exact) mass is 556 g/mol. The molecule has 2 aliphatic rings. The number of aryl methyl sites for hydroxylation is 1. The number of aromatic nitrogens is 2. The molecule has 0 unspecified atom stereocenters.